The Kier molecular flexibility index (Phi) is 5.42. The van der Waals surface area contributed by atoms with Crippen LogP contribution in [0.1, 0.15) is 50.6 Å². The van der Waals surface area contributed by atoms with Crippen molar-refractivity contribution in [1.82, 2.24) is 14.8 Å². The van der Waals surface area contributed by atoms with Crippen LogP contribution in [0, 0.1) is 0 Å². The van der Waals surface area contributed by atoms with Crippen molar-refractivity contribution in [3.63, 3.8) is 0 Å². The van der Waals surface area contributed by atoms with E-state index in [1.807, 2.05) is 25.1 Å². The number of hydrogen-bond acceptors (Lipinski definition) is 7. The molecule has 4 rings (SSSR count). The van der Waals surface area contributed by atoms with Crippen LogP contribution in [0.25, 0.3) is 0 Å². The zero-order chi connectivity index (χ0) is 20.4. The third-order valence-electron chi connectivity index (χ3n) is 5.56. The quantitative estimate of drug-likeness (QED) is 0.772. The van der Waals surface area contributed by atoms with Crippen LogP contribution in [0.2, 0.25) is 0 Å². The molecule has 0 amide bonds. The van der Waals surface area contributed by atoms with Gasteiger partial charge in [0, 0.05) is 5.70 Å². The van der Waals surface area contributed by atoms with Gasteiger partial charge in [-0.1, -0.05) is 12.5 Å². The van der Waals surface area contributed by atoms with E-state index in [1.54, 1.807) is 18.9 Å². The van der Waals surface area contributed by atoms with Crippen molar-refractivity contribution >= 4 is 11.9 Å². The number of allylic oxidation sites excluding steroid dienone is 1. The monoisotopic (exact) mass is 398 g/mol. The first-order chi connectivity index (χ1) is 14.1. The molecule has 2 aliphatic rings. The molecule has 1 saturated carbocycles. The second-order valence-corrected chi connectivity index (χ2v) is 7.37. The molecule has 0 bridgehead atoms. The molecule has 1 atom stereocenters. The second-order valence-electron chi connectivity index (χ2n) is 7.37. The molecule has 1 aromatic heterocycles. The van der Waals surface area contributed by atoms with E-state index in [0.717, 1.165) is 31.2 Å². The van der Waals surface area contributed by atoms with E-state index in [2.05, 4.69) is 15.4 Å². The molecule has 0 spiro atoms. The molecule has 2 aromatic rings. The summed E-state index contributed by atoms with van der Waals surface area (Å²) in [6.07, 6.45) is 6.68. The molecule has 1 aliphatic heterocycles. The summed E-state index contributed by atoms with van der Waals surface area (Å²) in [5.74, 6) is 1.47. The summed E-state index contributed by atoms with van der Waals surface area (Å²) in [5, 5.41) is 7.53. The molecule has 8 heteroatoms. The third-order valence-corrected chi connectivity index (χ3v) is 5.56. The number of hydrogen-bond donors (Lipinski definition) is 1. The topological polar surface area (TPSA) is 87.5 Å². The number of anilines is 1. The number of aromatic nitrogens is 3. The van der Waals surface area contributed by atoms with Gasteiger partial charge in [0.25, 0.3) is 0 Å². The van der Waals surface area contributed by atoms with Crippen molar-refractivity contribution in [3.05, 3.63) is 41.4 Å². The maximum Gasteiger partial charge on any atom is 0.338 e. The molecule has 1 aromatic carbocycles. The minimum absolute atomic E-state index is 0.0280. The van der Waals surface area contributed by atoms with Gasteiger partial charge in [-0.05, 0) is 50.3 Å². The normalized spacial score (nSPS) is 19.3. The van der Waals surface area contributed by atoms with E-state index in [4.69, 9.17) is 14.2 Å². The van der Waals surface area contributed by atoms with Gasteiger partial charge in [0.2, 0.25) is 5.95 Å². The van der Waals surface area contributed by atoms with E-state index in [0.29, 0.717) is 28.7 Å². The Balaban J connectivity index is 1.73. The summed E-state index contributed by atoms with van der Waals surface area (Å²) in [7, 11) is 3.18. The van der Waals surface area contributed by atoms with Gasteiger partial charge in [0.1, 0.15) is 18.5 Å². The van der Waals surface area contributed by atoms with Crippen molar-refractivity contribution in [2.75, 3.05) is 19.5 Å². The predicted molar refractivity (Wildman–Crippen MR) is 107 cm³/mol. The van der Waals surface area contributed by atoms with E-state index in [-0.39, 0.29) is 12.1 Å². The van der Waals surface area contributed by atoms with Crippen LogP contribution in [0.5, 0.6) is 11.5 Å². The third kappa shape index (κ3) is 3.66. The summed E-state index contributed by atoms with van der Waals surface area (Å²) >= 11 is 0. The molecule has 0 radical (unpaired) electrons. The summed E-state index contributed by atoms with van der Waals surface area (Å²) in [5.41, 5.74) is 2.08. The van der Waals surface area contributed by atoms with Gasteiger partial charge < -0.3 is 19.5 Å². The maximum absolute atomic E-state index is 13.2. The number of ether oxygens (including phenoxy) is 3. The number of fused-ring (bicyclic) bond motifs is 1. The van der Waals surface area contributed by atoms with Crippen LogP contribution < -0.4 is 14.8 Å². The molecule has 1 aliphatic carbocycles. The first-order valence-electron chi connectivity index (χ1n) is 9.92. The largest absolute Gasteiger partial charge is 0.493 e. The van der Waals surface area contributed by atoms with Crippen LogP contribution in [0.15, 0.2) is 35.8 Å². The first-order valence-corrected chi connectivity index (χ1v) is 9.92. The molecule has 29 heavy (non-hydrogen) atoms. The number of esters is 1. The average molecular weight is 398 g/mol. The van der Waals surface area contributed by atoms with Crippen LogP contribution in [0.4, 0.5) is 5.95 Å². The molecule has 2 heterocycles. The molecule has 0 saturated heterocycles. The zero-order valence-electron chi connectivity index (χ0n) is 17.0. The highest BCUT2D eigenvalue weighted by molar-refractivity contribution is 5.92. The van der Waals surface area contributed by atoms with Crippen LogP contribution in [-0.4, -0.2) is 41.1 Å². The molecule has 8 nitrogen and oxygen atoms in total. The van der Waals surface area contributed by atoms with Crippen molar-refractivity contribution < 1.29 is 19.0 Å². The van der Waals surface area contributed by atoms with Crippen LogP contribution in [-0.2, 0) is 9.53 Å². The smallest absolute Gasteiger partial charge is 0.338 e. The molecule has 1 fully saturated rings. The standard InChI is InChI=1S/C21H26N4O4/c1-13-18(20(26)29-15-7-5-4-6-8-15)19(25-21(24-13)22-12-23-25)14-9-10-16(27-2)17(11-14)28-3/h9-12,15,19H,4-8H2,1-3H3,(H,22,23,24)/t19-/m1/s1. The Morgan fingerprint density at radius 1 is 1.14 bits per heavy atom. The van der Waals surface area contributed by atoms with Crippen molar-refractivity contribution in [1.29, 1.82) is 0 Å². The lowest BCUT2D eigenvalue weighted by atomic mass is 9.94. The highest BCUT2D eigenvalue weighted by Gasteiger charge is 2.36. The summed E-state index contributed by atoms with van der Waals surface area (Å²) in [6.45, 7) is 1.86. The van der Waals surface area contributed by atoms with Gasteiger partial charge in [0.15, 0.2) is 11.5 Å². The van der Waals surface area contributed by atoms with Crippen molar-refractivity contribution in [3.8, 4) is 11.5 Å². The molecule has 1 N–H and O–H groups in total. The van der Waals surface area contributed by atoms with E-state index < -0.39 is 6.04 Å². The fourth-order valence-corrected chi connectivity index (χ4v) is 4.08. The summed E-state index contributed by atoms with van der Waals surface area (Å²) in [4.78, 5) is 17.5. The zero-order valence-corrected chi connectivity index (χ0v) is 17.0. The molecular weight excluding hydrogens is 372 g/mol. The van der Waals surface area contributed by atoms with E-state index in [9.17, 15) is 4.79 Å². The van der Waals surface area contributed by atoms with Crippen molar-refractivity contribution in [2.24, 2.45) is 0 Å². The number of rotatable bonds is 5. The molecule has 0 unspecified atom stereocenters. The minimum atomic E-state index is -0.468. The maximum atomic E-state index is 13.2. The highest BCUT2D eigenvalue weighted by Crippen LogP contribution is 2.39. The number of benzene rings is 1. The lowest BCUT2D eigenvalue weighted by Gasteiger charge is -2.30. The number of methoxy groups -OCH3 is 2. The SMILES string of the molecule is COc1ccc([C@@H]2C(C(=O)OC3CCCCC3)=C(C)Nc3ncnn32)cc1OC. The van der Waals surface area contributed by atoms with Gasteiger partial charge in [-0.2, -0.15) is 10.1 Å². The highest BCUT2D eigenvalue weighted by atomic mass is 16.5. The summed E-state index contributed by atoms with van der Waals surface area (Å²) < 4.78 is 18.4. The average Bonchev–Trinajstić information content (AvgIpc) is 3.20. The van der Waals surface area contributed by atoms with Crippen LogP contribution >= 0.6 is 0 Å². The van der Waals surface area contributed by atoms with E-state index in [1.165, 1.54) is 12.7 Å². The van der Waals surface area contributed by atoms with Gasteiger partial charge in [-0.25, -0.2) is 9.48 Å². The lowest BCUT2D eigenvalue weighted by molar-refractivity contribution is -0.146. The molecule has 154 valence electrons. The van der Waals surface area contributed by atoms with Gasteiger partial charge >= 0.3 is 5.97 Å². The predicted octanol–water partition coefficient (Wildman–Crippen LogP) is 3.46. The molecular formula is C21H26N4O4. The number of carbonyl (C=O) groups is 1. The van der Waals surface area contributed by atoms with E-state index >= 15 is 0 Å². The Morgan fingerprint density at radius 2 is 1.90 bits per heavy atom. The summed E-state index contributed by atoms with van der Waals surface area (Å²) in [6, 6.07) is 5.13. The fourth-order valence-electron chi connectivity index (χ4n) is 4.08. The van der Waals surface area contributed by atoms with Gasteiger partial charge in [0.05, 0.1) is 19.8 Å². The lowest BCUT2D eigenvalue weighted by Crippen LogP contribution is -2.32. The van der Waals surface area contributed by atoms with Crippen LogP contribution in [0.3, 0.4) is 0 Å². The van der Waals surface area contributed by atoms with Gasteiger partial charge in [-0.15, -0.1) is 0 Å². The number of carbonyl (C=O) groups excluding carboxylic acids is 1. The minimum Gasteiger partial charge on any atom is -0.493 e. The Hall–Kier alpha value is -3.03. The number of nitrogens with zero attached hydrogens (tertiary/aromatic N) is 3. The first kappa shape index (κ1) is 19.3. The van der Waals surface area contributed by atoms with Gasteiger partial charge in [-0.3, -0.25) is 0 Å². The fraction of sp³-hybridized carbons (Fsp3) is 0.476. The Labute approximate surface area is 169 Å². The Morgan fingerprint density at radius 3 is 2.62 bits per heavy atom. The second kappa shape index (κ2) is 8.14. The van der Waals surface area contributed by atoms with Crippen molar-refractivity contribution in [2.45, 2.75) is 51.2 Å². The number of nitrogens with one attached hydrogen (secondary N) is 1. The Bertz CT molecular complexity index is 931.